The molecule has 3 heteroatoms. The average Bonchev–Trinajstić information content (AvgIpc) is 3.00. The molecule has 0 spiro atoms. The van der Waals surface area contributed by atoms with E-state index >= 15 is 0 Å². The number of ether oxygens (including phenoxy) is 1. The fraction of sp³-hybridized carbons (Fsp3) is 0.647. The first kappa shape index (κ1) is 14.1. The molecule has 2 atom stereocenters. The van der Waals surface area contributed by atoms with Gasteiger partial charge in [-0.25, -0.2) is 0 Å². The second-order valence-electron chi connectivity index (χ2n) is 6.10. The molecule has 0 aromatic heterocycles. The van der Waals surface area contributed by atoms with Crippen LogP contribution >= 0.6 is 0 Å². The Labute approximate surface area is 122 Å². The van der Waals surface area contributed by atoms with Crippen LogP contribution < -0.4 is 5.32 Å². The zero-order chi connectivity index (χ0) is 13.6. The van der Waals surface area contributed by atoms with Gasteiger partial charge in [0.2, 0.25) is 0 Å². The van der Waals surface area contributed by atoms with E-state index in [0.29, 0.717) is 6.23 Å². The van der Waals surface area contributed by atoms with Crippen molar-refractivity contribution in [1.82, 2.24) is 10.2 Å². The molecule has 0 aliphatic carbocycles. The van der Waals surface area contributed by atoms with Crippen LogP contribution in [0, 0.1) is 5.92 Å². The Morgan fingerprint density at radius 2 is 2.05 bits per heavy atom. The molecule has 2 fully saturated rings. The predicted octanol–water partition coefficient (Wildman–Crippen LogP) is 2.62. The van der Waals surface area contributed by atoms with Crippen molar-refractivity contribution in [3.05, 3.63) is 35.9 Å². The van der Waals surface area contributed by atoms with Gasteiger partial charge in [-0.15, -0.1) is 0 Å². The minimum absolute atomic E-state index is 0.324. The highest BCUT2D eigenvalue weighted by molar-refractivity contribution is 5.13. The summed E-state index contributed by atoms with van der Waals surface area (Å²) >= 11 is 0. The van der Waals surface area contributed by atoms with Crippen LogP contribution in [-0.2, 0) is 11.3 Å². The number of hydrogen-bond acceptors (Lipinski definition) is 3. The monoisotopic (exact) mass is 274 g/mol. The number of hydrogen-bond donors (Lipinski definition) is 1. The second-order valence-corrected chi connectivity index (χ2v) is 6.10. The van der Waals surface area contributed by atoms with Crippen molar-refractivity contribution in [2.45, 2.75) is 38.5 Å². The summed E-state index contributed by atoms with van der Waals surface area (Å²) in [5.41, 5.74) is 1.28. The lowest BCUT2D eigenvalue weighted by Crippen LogP contribution is -2.44. The topological polar surface area (TPSA) is 24.5 Å². The van der Waals surface area contributed by atoms with Crippen LogP contribution in [0.25, 0.3) is 0 Å². The molecule has 0 amide bonds. The Balaban J connectivity index is 1.52. The molecule has 0 radical (unpaired) electrons. The van der Waals surface area contributed by atoms with Crippen molar-refractivity contribution in [3.8, 4) is 0 Å². The highest BCUT2D eigenvalue weighted by atomic mass is 16.5. The highest BCUT2D eigenvalue weighted by Gasteiger charge is 2.26. The maximum atomic E-state index is 6.20. The van der Waals surface area contributed by atoms with Gasteiger partial charge in [0, 0.05) is 13.1 Å². The molecule has 1 aromatic rings. The smallest absolute Gasteiger partial charge is 0.111 e. The molecule has 1 N–H and O–H groups in total. The van der Waals surface area contributed by atoms with E-state index in [0.717, 1.165) is 12.5 Å². The molecule has 3 nitrogen and oxygen atoms in total. The van der Waals surface area contributed by atoms with E-state index in [1.807, 2.05) is 0 Å². The molecule has 0 saturated carbocycles. The van der Waals surface area contributed by atoms with Crippen LogP contribution in [0.15, 0.2) is 30.3 Å². The third-order valence-electron chi connectivity index (χ3n) is 4.49. The molecule has 20 heavy (non-hydrogen) atoms. The molecule has 1 unspecified atom stereocenters. The molecule has 2 saturated heterocycles. The molecular weight excluding hydrogens is 248 g/mol. The fourth-order valence-corrected chi connectivity index (χ4v) is 3.33. The van der Waals surface area contributed by atoms with Crippen LogP contribution in [0.1, 0.15) is 31.2 Å². The molecule has 2 aliphatic heterocycles. The summed E-state index contributed by atoms with van der Waals surface area (Å²) in [5.74, 6) is 0.816. The van der Waals surface area contributed by atoms with Crippen LogP contribution in [0.5, 0.6) is 0 Å². The zero-order valence-corrected chi connectivity index (χ0v) is 12.3. The van der Waals surface area contributed by atoms with E-state index in [9.17, 15) is 0 Å². The van der Waals surface area contributed by atoms with E-state index in [2.05, 4.69) is 40.5 Å². The van der Waals surface area contributed by atoms with Crippen molar-refractivity contribution in [1.29, 1.82) is 0 Å². The molecule has 110 valence electrons. The standard InChI is InChI=1S/C17H26N2O/c1-2-6-15(7-3-1)14-20-17-8-4-5-11-19(17)13-16-9-10-18-12-16/h1-3,6-7,16-18H,4-5,8-14H2/t16-,17?/m0/s1. The number of benzene rings is 1. The van der Waals surface area contributed by atoms with Crippen molar-refractivity contribution in [2.75, 3.05) is 26.2 Å². The van der Waals surface area contributed by atoms with Gasteiger partial charge < -0.3 is 10.1 Å². The lowest BCUT2D eigenvalue weighted by Gasteiger charge is -2.36. The first-order valence-electron chi connectivity index (χ1n) is 8.02. The van der Waals surface area contributed by atoms with Gasteiger partial charge in [-0.2, -0.15) is 0 Å². The number of rotatable bonds is 5. The van der Waals surface area contributed by atoms with E-state index in [4.69, 9.17) is 4.74 Å². The van der Waals surface area contributed by atoms with Crippen LogP contribution in [-0.4, -0.2) is 37.3 Å². The Kier molecular flexibility index (Phi) is 5.06. The zero-order valence-electron chi connectivity index (χ0n) is 12.3. The third-order valence-corrected chi connectivity index (χ3v) is 4.49. The quantitative estimate of drug-likeness (QED) is 0.893. The van der Waals surface area contributed by atoms with E-state index < -0.39 is 0 Å². The maximum Gasteiger partial charge on any atom is 0.111 e. The minimum atomic E-state index is 0.324. The summed E-state index contributed by atoms with van der Waals surface area (Å²) in [4.78, 5) is 2.57. The summed E-state index contributed by atoms with van der Waals surface area (Å²) in [6.07, 6.45) is 5.46. The molecular formula is C17H26N2O. The SMILES string of the molecule is c1ccc(COC2CCCCN2C[C@H]2CCNC2)cc1. The Morgan fingerprint density at radius 3 is 2.85 bits per heavy atom. The fourth-order valence-electron chi connectivity index (χ4n) is 3.33. The molecule has 1 aromatic carbocycles. The van der Waals surface area contributed by atoms with Crippen molar-refractivity contribution in [2.24, 2.45) is 5.92 Å². The highest BCUT2D eigenvalue weighted by Crippen LogP contribution is 2.22. The molecule has 2 heterocycles. The van der Waals surface area contributed by atoms with Gasteiger partial charge in [0.05, 0.1) is 6.61 Å². The Bertz CT molecular complexity index is 389. The maximum absolute atomic E-state index is 6.20. The average molecular weight is 274 g/mol. The number of nitrogens with one attached hydrogen (secondary N) is 1. The first-order valence-corrected chi connectivity index (χ1v) is 8.02. The number of piperidine rings is 1. The molecule has 3 rings (SSSR count). The Hall–Kier alpha value is -0.900. The van der Waals surface area contributed by atoms with E-state index in [-0.39, 0.29) is 0 Å². The largest absolute Gasteiger partial charge is 0.358 e. The van der Waals surface area contributed by atoms with Gasteiger partial charge in [0.1, 0.15) is 6.23 Å². The van der Waals surface area contributed by atoms with Gasteiger partial charge in [-0.05, 0) is 50.3 Å². The third kappa shape index (κ3) is 3.81. The van der Waals surface area contributed by atoms with Gasteiger partial charge in [0.15, 0.2) is 0 Å². The molecule has 2 aliphatic rings. The number of likely N-dealkylation sites (tertiary alicyclic amines) is 1. The van der Waals surface area contributed by atoms with Crippen LogP contribution in [0.4, 0.5) is 0 Å². The first-order chi connectivity index (χ1) is 9.92. The summed E-state index contributed by atoms with van der Waals surface area (Å²) in [6, 6.07) is 10.5. The summed E-state index contributed by atoms with van der Waals surface area (Å²) in [5, 5.41) is 3.47. The number of nitrogens with zero attached hydrogens (tertiary/aromatic N) is 1. The van der Waals surface area contributed by atoms with E-state index in [1.54, 1.807) is 0 Å². The van der Waals surface area contributed by atoms with Crippen molar-refractivity contribution < 1.29 is 4.74 Å². The van der Waals surface area contributed by atoms with E-state index in [1.165, 1.54) is 57.4 Å². The lowest BCUT2D eigenvalue weighted by atomic mass is 10.0. The van der Waals surface area contributed by atoms with Crippen molar-refractivity contribution in [3.63, 3.8) is 0 Å². The normalized spacial score (nSPS) is 27.8. The van der Waals surface area contributed by atoms with Crippen LogP contribution in [0.2, 0.25) is 0 Å². The predicted molar refractivity (Wildman–Crippen MR) is 81.4 cm³/mol. The van der Waals surface area contributed by atoms with Crippen molar-refractivity contribution >= 4 is 0 Å². The summed E-state index contributed by atoms with van der Waals surface area (Å²) in [7, 11) is 0. The second kappa shape index (κ2) is 7.21. The lowest BCUT2D eigenvalue weighted by molar-refractivity contribution is -0.0924. The van der Waals surface area contributed by atoms with Gasteiger partial charge in [-0.3, -0.25) is 4.90 Å². The van der Waals surface area contributed by atoms with Crippen LogP contribution in [0.3, 0.4) is 0 Å². The summed E-state index contributed by atoms with van der Waals surface area (Å²) in [6.45, 7) is 5.52. The Morgan fingerprint density at radius 1 is 1.15 bits per heavy atom. The summed E-state index contributed by atoms with van der Waals surface area (Å²) < 4.78 is 6.20. The van der Waals surface area contributed by atoms with Gasteiger partial charge >= 0.3 is 0 Å². The molecule has 0 bridgehead atoms. The van der Waals surface area contributed by atoms with Gasteiger partial charge in [0.25, 0.3) is 0 Å². The van der Waals surface area contributed by atoms with Gasteiger partial charge in [-0.1, -0.05) is 30.3 Å². The minimum Gasteiger partial charge on any atom is -0.358 e.